The van der Waals surface area contributed by atoms with Crippen LogP contribution in [0.2, 0.25) is 0 Å². The molecule has 0 N–H and O–H groups in total. The summed E-state index contributed by atoms with van der Waals surface area (Å²) in [6.45, 7) is 1.74. The van der Waals surface area contributed by atoms with Crippen LogP contribution < -0.4 is 0 Å². The molecule has 5 heteroatoms. The van der Waals surface area contributed by atoms with E-state index in [2.05, 4.69) is 39.5 Å². The number of carbonyl (C=O) groups excluding carboxylic acids is 1. The Morgan fingerprint density at radius 3 is 2.70 bits per heavy atom. The molecule has 5 nitrogen and oxygen atoms in total. The molecule has 0 amide bonds. The molecule has 4 aromatic rings. The topological polar surface area (TPSA) is 59.9 Å². The number of aromatic nitrogens is 2. The van der Waals surface area contributed by atoms with Gasteiger partial charge in [0.15, 0.2) is 0 Å². The lowest BCUT2D eigenvalue weighted by Gasteiger charge is -2.25. The third-order valence-electron chi connectivity index (χ3n) is 7.59. The highest BCUT2D eigenvalue weighted by atomic mass is 16.5. The summed E-state index contributed by atoms with van der Waals surface area (Å²) in [6.07, 6.45) is 9.21. The number of para-hydroxylation sites is 1. The number of nitriles is 1. The molecule has 3 heterocycles. The molecule has 33 heavy (non-hydrogen) atoms. The Balaban J connectivity index is 1.72. The van der Waals surface area contributed by atoms with Crippen LogP contribution in [0.15, 0.2) is 42.6 Å². The normalized spacial score (nSPS) is 16.2. The Kier molecular flexibility index (Phi) is 4.76. The summed E-state index contributed by atoms with van der Waals surface area (Å²) in [4.78, 5) is 12.3. The molecule has 2 aromatic carbocycles. The lowest BCUT2D eigenvalue weighted by molar-refractivity contribution is 0.0601. The predicted octanol–water partition coefficient (Wildman–Crippen LogP) is 6.37. The summed E-state index contributed by atoms with van der Waals surface area (Å²) in [7, 11) is 1.43. The number of carbonyl (C=O) groups is 1. The molecule has 1 aliphatic heterocycles. The van der Waals surface area contributed by atoms with Crippen molar-refractivity contribution in [3.05, 3.63) is 59.3 Å². The highest BCUT2D eigenvalue weighted by Crippen LogP contribution is 2.46. The number of esters is 1. The van der Waals surface area contributed by atoms with E-state index < -0.39 is 0 Å². The second kappa shape index (κ2) is 7.81. The van der Waals surface area contributed by atoms with Crippen molar-refractivity contribution in [3.63, 3.8) is 0 Å². The van der Waals surface area contributed by atoms with Crippen molar-refractivity contribution in [1.29, 1.82) is 5.26 Å². The van der Waals surface area contributed by atoms with E-state index in [-0.39, 0.29) is 5.97 Å². The smallest absolute Gasteiger partial charge is 0.337 e. The van der Waals surface area contributed by atoms with E-state index in [0.717, 1.165) is 41.5 Å². The van der Waals surface area contributed by atoms with Crippen LogP contribution >= 0.6 is 0 Å². The van der Waals surface area contributed by atoms with Gasteiger partial charge >= 0.3 is 5.97 Å². The summed E-state index contributed by atoms with van der Waals surface area (Å²) < 4.78 is 9.73. The van der Waals surface area contributed by atoms with E-state index in [9.17, 15) is 10.1 Å². The maximum atomic E-state index is 12.3. The molecule has 1 saturated carbocycles. The first-order valence-electron chi connectivity index (χ1n) is 12.0. The summed E-state index contributed by atoms with van der Waals surface area (Å²) in [5.74, 6) is 0.210. The SMILES string of the molecule is COC(=O)c1ccc2c(C3CCCCC3)c3n(c2c1)CCCn1cc(C#N)c2cccc-3c21. The molecule has 0 atom stereocenters. The lowest BCUT2D eigenvalue weighted by atomic mass is 9.81. The molecular formula is C28H27N3O2. The fourth-order valence-electron chi connectivity index (χ4n) is 6.16. The summed E-state index contributed by atoms with van der Waals surface area (Å²) in [5, 5.41) is 12.0. The van der Waals surface area contributed by atoms with Gasteiger partial charge < -0.3 is 13.9 Å². The molecule has 6 rings (SSSR count). The minimum atomic E-state index is -0.299. The first-order chi connectivity index (χ1) is 16.2. The van der Waals surface area contributed by atoms with E-state index in [1.807, 2.05) is 18.3 Å². The molecule has 0 spiro atoms. The van der Waals surface area contributed by atoms with Crippen molar-refractivity contribution in [3.8, 4) is 17.3 Å². The quantitative estimate of drug-likeness (QED) is 0.342. The Bertz CT molecular complexity index is 1440. The van der Waals surface area contributed by atoms with Gasteiger partial charge in [-0.15, -0.1) is 0 Å². The maximum Gasteiger partial charge on any atom is 0.337 e. The van der Waals surface area contributed by atoms with Gasteiger partial charge in [0.1, 0.15) is 6.07 Å². The molecule has 1 fully saturated rings. The monoisotopic (exact) mass is 437 g/mol. The van der Waals surface area contributed by atoms with E-state index in [0.29, 0.717) is 11.5 Å². The van der Waals surface area contributed by atoms with Crippen LogP contribution in [0.3, 0.4) is 0 Å². The number of hydrogen-bond acceptors (Lipinski definition) is 3. The third-order valence-corrected chi connectivity index (χ3v) is 7.59. The fraction of sp³-hybridized carbons (Fsp3) is 0.357. The Labute approximate surface area is 193 Å². The zero-order chi connectivity index (χ0) is 22.5. The molecular weight excluding hydrogens is 410 g/mol. The Morgan fingerprint density at radius 2 is 1.91 bits per heavy atom. The summed E-state index contributed by atoms with van der Waals surface area (Å²) >= 11 is 0. The van der Waals surface area contributed by atoms with Crippen LogP contribution in [0.5, 0.6) is 0 Å². The molecule has 2 aromatic heterocycles. The van der Waals surface area contributed by atoms with Crippen LogP contribution in [0.4, 0.5) is 0 Å². The molecule has 166 valence electrons. The number of benzene rings is 2. The molecule has 2 aliphatic rings. The maximum absolute atomic E-state index is 12.3. The first-order valence-corrected chi connectivity index (χ1v) is 12.0. The van der Waals surface area contributed by atoms with Gasteiger partial charge in [-0.1, -0.05) is 43.5 Å². The largest absolute Gasteiger partial charge is 0.465 e. The van der Waals surface area contributed by atoms with Gasteiger partial charge in [-0.2, -0.15) is 5.26 Å². The van der Waals surface area contributed by atoms with Gasteiger partial charge in [0.05, 0.1) is 29.4 Å². The van der Waals surface area contributed by atoms with Crippen molar-refractivity contribution in [2.24, 2.45) is 0 Å². The third kappa shape index (κ3) is 3.01. The van der Waals surface area contributed by atoms with Gasteiger partial charge in [0.2, 0.25) is 0 Å². The van der Waals surface area contributed by atoms with Gasteiger partial charge in [-0.05, 0) is 42.9 Å². The fourth-order valence-corrected chi connectivity index (χ4v) is 6.16. The second-order valence-corrected chi connectivity index (χ2v) is 9.38. The highest BCUT2D eigenvalue weighted by Gasteiger charge is 2.29. The zero-order valence-electron chi connectivity index (χ0n) is 18.9. The zero-order valence-corrected chi connectivity index (χ0v) is 18.9. The average molecular weight is 438 g/mol. The van der Waals surface area contributed by atoms with Crippen molar-refractivity contribution in [2.75, 3.05) is 7.11 Å². The van der Waals surface area contributed by atoms with Gasteiger partial charge in [0, 0.05) is 41.1 Å². The van der Waals surface area contributed by atoms with Crippen LogP contribution in [-0.4, -0.2) is 22.2 Å². The van der Waals surface area contributed by atoms with Crippen molar-refractivity contribution in [1.82, 2.24) is 9.13 Å². The minimum Gasteiger partial charge on any atom is -0.465 e. The number of nitrogens with zero attached hydrogens (tertiary/aromatic N) is 3. The Hall–Kier alpha value is -3.52. The van der Waals surface area contributed by atoms with Crippen LogP contribution in [0.1, 0.15) is 65.9 Å². The first kappa shape index (κ1) is 20.1. The molecule has 1 aliphatic carbocycles. The minimum absolute atomic E-state index is 0.299. The predicted molar refractivity (Wildman–Crippen MR) is 129 cm³/mol. The van der Waals surface area contributed by atoms with Crippen molar-refractivity contribution >= 4 is 27.8 Å². The Morgan fingerprint density at radius 1 is 1.06 bits per heavy atom. The molecule has 0 bridgehead atoms. The number of aryl methyl sites for hydroxylation is 2. The van der Waals surface area contributed by atoms with E-state index in [1.165, 1.54) is 61.4 Å². The second-order valence-electron chi connectivity index (χ2n) is 9.38. The molecule has 0 radical (unpaired) electrons. The number of ether oxygens (including phenoxy) is 1. The van der Waals surface area contributed by atoms with E-state index >= 15 is 0 Å². The average Bonchev–Trinajstić information content (AvgIpc) is 3.38. The summed E-state index contributed by atoms with van der Waals surface area (Å²) in [5.41, 5.74) is 7.49. The molecule has 0 saturated heterocycles. The lowest BCUT2D eigenvalue weighted by Crippen LogP contribution is -2.11. The van der Waals surface area contributed by atoms with E-state index in [4.69, 9.17) is 4.74 Å². The standard InChI is InChI=1S/C28H27N3O2/c1-33-28(32)19-11-12-22-24(15-19)31-14-6-13-30-17-20(16-29)21-9-5-10-23(26(21)30)27(31)25(22)18-7-3-2-4-8-18/h5,9-12,15,17-18H,2-4,6-8,13-14H2,1H3. The van der Waals surface area contributed by atoms with Gasteiger partial charge in [-0.3, -0.25) is 0 Å². The number of hydrogen-bond donors (Lipinski definition) is 0. The number of methoxy groups -OCH3 is 1. The van der Waals surface area contributed by atoms with Crippen molar-refractivity contribution < 1.29 is 9.53 Å². The van der Waals surface area contributed by atoms with Gasteiger partial charge in [0.25, 0.3) is 0 Å². The van der Waals surface area contributed by atoms with Crippen LogP contribution in [-0.2, 0) is 17.8 Å². The molecule has 0 unspecified atom stereocenters. The summed E-state index contributed by atoms with van der Waals surface area (Å²) in [6, 6.07) is 14.8. The number of fused-ring (bicyclic) bond motifs is 4. The van der Waals surface area contributed by atoms with Crippen molar-refractivity contribution in [2.45, 2.75) is 57.5 Å². The van der Waals surface area contributed by atoms with E-state index in [1.54, 1.807) is 0 Å². The highest BCUT2D eigenvalue weighted by molar-refractivity contribution is 6.04. The van der Waals surface area contributed by atoms with Gasteiger partial charge in [-0.25, -0.2) is 4.79 Å². The van der Waals surface area contributed by atoms with Crippen LogP contribution in [0, 0.1) is 11.3 Å². The van der Waals surface area contributed by atoms with Crippen LogP contribution in [0.25, 0.3) is 33.1 Å². The number of rotatable bonds is 2.